The van der Waals surface area contributed by atoms with E-state index in [0.717, 1.165) is 24.1 Å². The normalized spacial score (nSPS) is 25.2. The summed E-state index contributed by atoms with van der Waals surface area (Å²) in [5, 5.41) is 13.5. The molecule has 17 nitrogen and oxygen atoms in total. The number of nitrogens with one attached hydrogen (secondary N) is 3. The summed E-state index contributed by atoms with van der Waals surface area (Å²) < 4.78 is 41.9. The number of carbonyl (C=O) groups is 4. The van der Waals surface area contributed by atoms with Crippen LogP contribution in [0.25, 0.3) is 21.6 Å². The van der Waals surface area contributed by atoms with E-state index in [0.29, 0.717) is 58.8 Å². The molecule has 342 valence electrons. The van der Waals surface area contributed by atoms with Crippen LogP contribution in [0.2, 0.25) is 0 Å². The van der Waals surface area contributed by atoms with Crippen molar-refractivity contribution in [2.45, 2.75) is 140 Å². The van der Waals surface area contributed by atoms with Gasteiger partial charge in [-0.25, -0.2) is 28.1 Å². The second kappa shape index (κ2) is 17.5. The molecule has 5 atom stereocenters. The summed E-state index contributed by atoms with van der Waals surface area (Å²) in [6.07, 6.45) is 8.52. The topological polar surface area (TPSA) is 217 Å². The van der Waals surface area contributed by atoms with Crippen molar-refractivity contribution in [2.24, 2.45) is 5.92 Å². The summed E-state index contributed by atoms with van der Waals surface area (Å²) in [4.78, 5) is 73.2. The number of fused-ring (bicyclic) bond motifs is 3. The number of aryl methyl sites for hydroxylation is 1. The minimum atomic E-state index is -4.03. The second-order valence-electron chi connectivity index (χ2n) is 18.4. The molecule has 2 aliphatic carbocycles. The molecule has 5 heterocycles. The molecule has 3 aromatic heterocycles. The summed E-state index contributed by atoms with van der Waals surface area (Å²) in [7, 11) is -2.43. The van der Waals surface area contributed by atoms with E-state index in [-0.39, 0.29) is 43.6 Å². The molecule has 3 N–H and O–H groups in total. The van der Waals surface area contributed by atoms with Crippen LogP contribution in [-0.4, -0.2) is 104 Å². The highest BCUT2D eigenvalue weighted by molar-refractivity contribution is 7.91. The number of ether oxygens (including phenoxy) is 2. The maximum atomic E-state index is 15.0. The van der Waals surface area contributed by atoms with E-state index in [1.807, 2.05) is 56.5 Å². The quantitative estimate of drug-likeness (QED) is 0.159. The van der Waals surface area contributed by atoms with Crippen molar-refractivity contribution in [3.63, 3.8) is 0 Å². The monoisotopic (exact) mass is 915 g/mol. The van der Waals surface area contributed by atoms with Gasteiger partial charge in [0.25, 0.3) is 11.8 Å². The molecule has 64 heavy (non-hydrogen) atoms. The highest BCUT2D eigenvalue weighted by Crippen LogP contribution is 2.48. The Morgan fingerprint density at radius 2 is 1.84 bits per heavy atom. The van der Waals surface area contributed by atoms with Gasteiger partial charge < -0.3 is 25.0 Å². The summed E-state index contributed by atoms with van der Waals surface area (Å²) in [6.45, 7) is 11.4. The predicted octanol–water partition coefficient (Wildman–Crippen LogP) is 5.51. The van der Waals surface area contributed by atoms with E-state index in [1.54, 1.807) is 14.0 Å². The SMILES string of the molecule is COc1ccc2c(OC3C[C@H]4C(=O)N[C@]5(C(=O)NS(=O)(=O)C6(C)CC6)C[C@H]5/C=C\CCCCC[C@H](NC(=O)c5ncnn5C(C)C)C(=O)N4C3)cc(-c3nc(C(C)C)cs3)nc2c1C. The highest BCUT2D eigenvalue weighted by Gasteiger charge is 2.63. The molecule has 1 saturated heterocycles. The molecule has 4 aliphatic rings. The van der Waals surface area contributed by atoms with Crippen LogP contribution in [0.1, 0.15) is 126 Å². The van der Waals surface area contributed by atoms with Gasteiger partial charge in [-0.2, -0.15) is 5.10 Å². The van der Waals surface area contributed by atoms with Crippen LogP contribution in [0, 0.1) is 12.8 Å². The Labute approximate surface area is 377 Å². The van der Waals surface area contributed by atoms with Gasteiger partial charge in [0.2, 0.25) is 27.7 Å². The van der Waals surface area contributed by atoms with Gasteiger partial charge in [-0.3, -0.25) is 23.9 Å². The Balaban J connectivity index is 1.16. The number of methoxy groups -OCH3 is 1. The number of pyridine rings is 1. The fourth-order valence-electron chi connectivity index (χ4n) is 8.62. The van der Waals surface area contributed by atoms with Crippen LogP contribution in [0.15, 0.2) is 42.1 Å². The highest BCUT2D eigenvalue weighted by atomic mass is 32.2. The third-order valence-corrected chi connectivity index (χ3v) is 16.1. The number of aromatic nitrogens is 5. The largest absolute Gasteiger partial charge is 0.496 e. The van der Waals surface area contributed by atoms with Gasteiger partial charge in [-0.15, -0.1) is 11.3 Å². The molecule has 0 bridgehead atoms. The zero-order valence-corrected chi connectivity index (χ0v) is 39.0. The molecular formula is C45H57N9O8S2. The number of carbonyl (C=O) groups excluding carboxylic acids is 4. The van der Waals surface area contributed by atoms with Crippen LogP contribution in [0.5, 0.6) is 11.5 Å². The van der Waals surface area contributed by atoms with Crippen molar-refractivity contribution in [2.75, 3.05) is 13.7 Å². The predicted molar refractivity (Wildman–Crippen MR) is 240 cm³/mol. The summed E-state index contributed by atoms with van der Waals surface area (Å²) in [6, 6.07) is 3.15. The first-order valence-electron chi connectivity index (χ1n) is 22.1. The number of benzene rings is 1. The minimum Gasteiger partial charge on any atom is -0.496 e. The number of hydrogen-bond acceptors (Lipinski definition) is 13. The lowest BCUT2D eigenvalue weighted by molar-refractivity contribution is -0.141. The third-order valence-electron chi connectivity index (χ3n) is 13.0. The van der Waals surface area contributed by atoms with Gasteiger partial charge in [-0.1, -0.05) is 38.8 Å². The lowest BCUT2D eigenvalue weighted by atomic mass is 10.0. The van der Waals surface area contributed by atoms with Crippen LogP contribution in [0.3, 0.4) is 0 Å². The first-order valence-corrected chi connectivity index (χ1v) is 24.5. The standard InChI is InChI=1S/C45H57N9O8S2/c1-25(2)33-23-63-41(50-33)32-20-36(30-15-16-35(61-7)27(5)37(30)48-32)62-29-19-34-39(55)51-45(43(58)52-64(59,60)44(6)17-18-44)21-28(45)13-11-9-8-10-12-14-31(42(57)53(34)22-29)49-40(56)38-46-24-47-54(38)26(3)4/h11,13,15-16,20,23-26,28-29,31,34H,8-10,12,14,17-19,21-22H2,1-7H3,(H,49,56)(H,51,55)(H,52,58)/b13-11-/t28-,29?,31+,34+,45-/m1/s1. The van der Waals surface area contributed by atoms with Crippen molar-refractivity contribution >= 4 is 55.9 Å². The van der Waals surface area contributed by atoms with E-state index in [1.165, 1.54) is 27.2 Å². The lowest BCUT2D eigenvalue weighted by Gasteiger charge is -2.30. The first kappa shape index (κ1) is 45.1. The Morgan fingerprint density at radius 1 is 1.06 bits per heavy atom. The third kappa shape index (κ3) is 8.72. The van der Waals surface area contributed by atoms with Gasteiger partial charge in [-0.05, 0) is 84.3 Å². The zero-order chi connectivity index (χ0) is 45.7. The Kier molecular flexibility index (Phi) is 12.4. The molecule has 4 amide bonds. The van der Waals surface area contributed by atoms with E-state index in [4.69, 9.17) is 19.4 Å². The molecule has 0 radical (unpaired) electrons. The molecule has 1 unspecified atom stereocenters. The summed E-state index contributed by atoms with van der Waals surface area (Å²) in [5.41, 5.74) is 1.40. The maximum Gasteiger partial charge on any atom is 0.289 e. The molecular weight excluding hydrogens is 859 g/mol. The molecule has 19 heteroatoms. The Hall–Kier alpha value is -5.43. The van der Waals surface area contributed by atoms with Gasteiger partial charge in [0.15, 0.2) is 0 Å². The molecule has 4 aromatic rings. The van der Waals surface area contributed by atoms with Crippen LogP contribution < -0.4 is 24.8 Å². The maximum absolute atomic E-state index is 15.0. The van der Waals surface area contributed by atoms with Crippen molar-refractivity contribution in [1.29, 1.82) is 0 Å². The molecule has 3 fully saturated rings. The smallest absolute Gasteiger partial charge is 0.289 e. The summed E-state index contributed by atoms with van der Waals surface area (Å²) >= 11 is 1.47. The number of hydrogen-bond donors (Lipinski definition) is 3. The zero-order valence-electron chi connectivity index (χ0n) is 37.3. The van der Waals surface area contributed by atoms with E-state index in [9.17, 15) is 27.6 Å². The van der Waals surface area contributed by atoms with Gasteiger partial charge in [0.05, 0.1) is 29.6 Å². The van der Waals surface area contributed by atoms with Crippen molar-refractivity contribution in [3.8, 4) is 22.2 Å². The lowest BCUT2D eigenvalue weighted by Crippen LogP contribution is -2.58. The Morgan fingerprint density at radius 3 is 2.55 bits per heavy atom. The van der Waals surface area contributed by atoms with E-state index < -0.39 is 68.0 Å². The van der Waals surface area contributed by atoms with Gasteiger partial charge >= 0.3 is 0 Å². The van der Waals surface area contributed by atoms with Crippen molar-refractivity contribution in [1.82, 2.24) is 45.0 Å². The number of thiazole rings is 1. The number of allylic oxidation sites excluding steroid dienone is 1. The number of rotatable bonds is 11. The van der Waals surface area contributed by atoms with E-state index >= 15 is 0 Å². The van der Waals surface area contributed by atoms with Crippen LogP contribution >= 0.6 is 11.3 Å². The second-order valence-corrected chi connectivity index (χ2v) is 21.4. The average Bonchev–Trinajstić information content (AvgIpc) is 3.85. The first-order chi connectivity index (χ1) is 30.4. The molecule has 1 aromatic carbocycles. The van der Waals surface area contributed by atoms with Crippen molar-refractivity contribution in [3.05, 3.63) is 59.1 Å². The fourth-order valence-corrected chi connectivity index (χ4v) is 10.9. The summed E-state index contributed by atoms with van der Waals surface area (Å²) in [5.74, 6) is -1.61. The van der Waals surface area contributed by atoms with E-state index in [2.05, 4.69) is 39.3 Å². The molecule has 0 spiro atoms. The van der Waals surface area contributed by atoms with Gasteiger partial charge in [0, 0.05) is 40.8 Å². The van der Waals surface area contributed by atoms with Crippen LogP contribution in [-0.2, 0) is 24.4 Å². The number of sulfonamides is 1. The molecule has 2 saturated carbocycles. The number of amides is 4. The average molecular weight is 916 g/mol. The number of nitrogens with zero attached hydrogens (tertiary/aromatic N) is 6. The van der Waals surface area contributed by atoms with Crippen molar-refractivity contribution < 1.29 is 37.1 Å². The molecule has 2 aliphatic heterocycles. The van der Waals surface area contributed by atoms with Crippen LogP contribution in [0.4, 0.5) is 0 Å². The Bertz CT molecular complexity index is 2620. The molecule has 8 rings (SSSR count). The minimum absolute atomic E-state index is 0.0253. The fraction of sp³-hybridized carbons (Fsp3) is 0.556. The van der Waals surface area contributed by atoms with Gasteiger partial charge in [0.1, 0.15) is 52.3 Å².